The SMILES string of the molecule is C[N+]1(N)CCNCC1. The van der Waals surface area contributed by atoms with Gasteiger partial charge < -0.3 is 5.32 Å². The summed E-state index contributed by atoms with van der Waals surface area (Å²) < 4.78 is 0.688. The topological polar surface area (TPSA) is 38.0 Å². The van der Waals surface area contributed by atoms with Crippen LogP contribution in [-0.4, -0.2) is 37.8 Å². The largest absolute Gasteiger partial charge is 0.306 e. The molecule has 0 aromatic heterocycles. The van der Waals surface area contributed by atoms with Crippen molar-refractivity contribution in [2.24, 2.45) is 5.84 Å². The number of nitrogens with zero attached hydrogens (tertiary/aromatic N) is 1. The van der Waals surface area contributed by atoms with E-state index in [9.17, 15) is 0 Å². The molecular formula is C5H14N3+. The Hall–Kier alpha value is -0.120. The van der Waals surface area contributed by atoms with Crippen molar-refractivity contribution in [2.45, 2.75) is 0 Å². The Bertz CT molecular complexity index is 71.7. The van der Waals surface area contributed by atoms with E-state index in [1.807, 2.05) is 0 Å². The molecular weight excluding hydrogens is 102 g/mol. The molecule has 3 heteroatoms. The smallest absolute Gasteiger partial charge is 0.108 e. The minimum atomic E-state index is 0.688. The van der Waals surface area contributed by atoms with Gasteiger partial charge in [0.05, 0.1) is 7.05 Å². The van der Waals surface area contributed by atoms with Gasteiger partial charge in [0.2, 0.25) is 0 Å². The van der Waals surface area contributed by atoms with E-state index in [0.29, 0.717) is 4.59 Å². The van der Waals surface area contributed by atoms with Crippen molar-refractivity contribution in [2.75, 3.05) is 33.2 Å². The molecule has 1 aliphatic rings. The predicted octanol–water partition coefficient (Wildman–Crippen LogP) is -1.09. The van der Waals surface area contributed by atoms with Crippen LogP contribution in [-0.2, 0) is 0 Å². The Morgan fingerprint density at radius 2 is 1.88 bits per heavy atom. The van der Waals surface area contributed by atoms with Crippen LogP contribution in [0.25, 0.3) is 0 Å². The third-order valence-electron chi connectivity index (χ3n) is 1.60. The fourth-order valence-electron chi connectivity index (χ4n) is 0.906. The predicted molar refractivity (Wildman–Crippen MR) is 33.0 cm³/mol. The molecule has 0 spiro atoms. The zero-order chi connectivity index (χ0) is 6.04. The van der Waals surface area contributed by atoms with Crippen molar-refractivity contribution in [1.82, 2.24) is 5.32 Å². The highest BCUT2D eigenvalue weighted by atomic mass is 15.6. The van der Waals surface area contributed by atoms with Crippen LogP contribution in [0, 0.1) is 0 Å². The number of piperazine rings is 1. The van der Waals surface area contributed by atoms with E-state index in [2.05, 4.69) is 12.4 Å². The highest BCUT2D eigenvalue weighted by Gasteiger charge is 2.18. The number of nitrogens with two attached hydrogens (primary N) is 1. The van der Waals surface area contributed by atoms with E-state index in [1.54, 1.807) is 0 Å². The first-order valence-corrected chi connectivity index (χ1v) is 3.04. The summed E-state index contributed by atoms with van der Waals surface area (Å²) in [5.41, 5.74) is 0. The van der Waals surface area contributed by atoms with Crippen molar-refractivity contribution in [3.63, 3.8) is 0 Å². The van der Waals surface area contributed by atoms with E-state index in [0.717, 1.165) is 26.2 Å². The number of rotatable bonds is 0. The first-order chi connectivity index (χ1) is 3.71. The van der Waals surface area contributed by atoms with Crippen molar-refractivity contribution in [3.8, 4) is 0 Å². The second-order valence-electron chi connectivity index (χ2n) is 2.68. The van der Waals surface area contributed by atoms with Crippen LogP contribution in [0.1, 0.15) is 0 Å². The molecule has 8 heavy (non-hydrogen) atoms. The number of hydrogen-bond acceptors (Lipinski definition) is 2. The highest BCUT2D eigenvalue weighted by Crippen LogP contribution is 1.92. The lowest BCUT2D eigenvalue weighted by Crippen LogP contribution is -2.60. The van der Waals surface area contributed by atoms with Gasteiger partial charge in [0.15, 0.2) is 0 Å². The molecule has 0 atom stereocenters. The molecule has 0 unspecified atom stereocenters. The molecule has 48 valence electrons. The quantitative estimate of drug-likeness (QED) is 0.312. The van der Waals surface area contributed by atoms with Gasteiger partial charge in [0, 0.05) is 13.1 Å². The number of nitrogens with one attached hydrogen (secondary N) is 1. The maximum atomic E-state index is 5.78. The summed E-state index contributed by atoms with van der Waals surface area (Å²) in [6, 6.07) is 0. The molecule has 1 rings (SSSR count). The highest BCUT2D eigenvalue weighted by molar-refractivity contribution is 4.50. The lowest BCUT2D eigenvalue weighted by atomic mass is 10.4. The van der Waals surface area contributed by atoms with Gasteiger partial charge in [-0.25, -0.2) is 4.59 Å². The molecule has 3 N–H and O–H groups in total. The number of likely N-dealkylation sites (N-methyl/N-ethyl adjacent to an activating group) is 1. The third kappa shape index (κ3) is 1.43. The molecule has 1 heterocycles. The van der Waals surface area contributed by atoms with Crippen molar-refractivity contribution in [1.29, 1.82) is 0 Å². The van der Waals surface area contributed by atoms with Crippen LogP contribution in [0.4, 0.5) is 0 Å². The zero-order valence-corrected chi connectivity index (χ0v) is 5.35. The van der Waals surface area contributed by atoms with Crippen molar-refractivity contribution in [3.05, 3.63) is 0 Å². The summed E-state index contributed by atoms with van der Waals surface area (Å²) in [6.45, 7) is 4.24. The minimum Gasteiger partial charge on any atom is -0.306 e. The molecule has 0 radical (unpaired) electrons. The molecule has 0 amide bonds. The van der Waals surface area contributed by atoms with Gasteiger partial charge in [-0.3, -0.25) is 0 Å². The van der Waals surface area contributed by atoms with Crippen LogP contribution >= 0.6 is 0 Å². The van der Waals surface area contributed by atoms with Gasteiger partial charge in [0.1, 0.15) is 13.1 Å². The summed E-state index contributed by atoms with van der Waals surface area (Å²) in [6.07, 6.45) is 0. The molecule has 0 aromatic rings. The van der Waals surface area contributed by atoms with E-state index in [4.69, 9.17) is 5.84 Å². The Morgan fingerprint density at radius 3 is 2.12 bits per heavy atom. The summed E-state index contributed by atoms with van der Waals surface area (Å²) in [7, 11) is 2.06. The van der Waals surface area contributed by atoms with Crippen LogP contribution in [0.3, 0.4) is 0 Å². The first-order valence-electron chi connectivity index (χ1n) is 3.04. The minimum absolute atomic E-state index is 0.688. The van der Waals surface area contributed by atoms with Crippen LogP contribution in [0.15, 0.2) is 0 Å². The fraction of sp³-hybridized carbons (Fsp3) is 1.00. The molecule has 1 saturated heterocycles. The fourth-order valence-corrected chi connectivity index (χ4v) is 0.906. The van der Waals surface area contributed by atoms with Crippen LogP contribution < -0.4 is 11.2 Å². The first kappa shape index (κ1) is 6.01. The van der Waals surface area contributed by atoms with Crippen LogP contribution in [0.5, 0.6) is 0 Å². The van der Waals surface area contributed by atoms with Gasteiger partial charge in [-0.1, -0.05) is 0 Å². The van der Waals surface area contributed by atoms with Crippen molar-refractivity contribution >= 4 is 0 Å². The Kier molecular flexibility index (Phi) is 1.51. The lowest BCUT2D eigenvalue weighted by Gasteiger charge is -2.31. The van der Waals surface area contributed by atoms with Crippen LogP contribution in [0.2, 0.25) is 0 Å². The summed E-state index contributed by atoms with van der Waals surface area (Å²) >= 11 is 0. The maximum Gasteiger partial charge on any atom is 0.108 e. The summed E-state index contributed by atoms with van der Waals surface area (Å²) in [4.78, 5) is 0. The standard InChI is InChI=1S/C5H14N3/c1-8(6)4-2-7-3-5-8/h7H,2-6H2,1H3/q+1. The normalized spacial score (nSPS) is 27.8. The van der Waals surface area contributed by atoms with Gasteiger partial charge in [0.25, 0.3) is 0 Å². The second kappa shape index (κ2) is 2.01. The average Bonchev–Trinajstić information content (AvgIpc) is 1.65. The van der Waals surface area contributed by atoms with E-state index < -0.39 is 0 Å². The zero-order valence-electron chi connectivity index (χ0n) is 5.35. The molecule has 0 bridgehead atoms. The van der Waals surface area contributed by atoms with Gasteiger partial charge in [-0.05, 0) is 0 Å². The molecule has 0 aromatic carbocycles. The van der Waals surface area contributed by atoms with E-state index in [-0.39, 0.29) is 0 Å². The summed E-state index contributed by atoms with van der Waals surface area (Å²) in [5, 5.41) is 3.24. The summed E-state index contributed by atoms with van der Waals surface area (Å²) in [5.74, 6) is 5.78. The monoisotopic (exact) mass is 116 g/mol. The third-order valence-corrected chi connectivity index (χ3v) is 1.60. The molecule has 1 aliphatic heterocycles. The molecule has 1 fully saturated rings. The lowest BCUT2D eigenvalue weighted by molar-refractivity contribution is -0.922. The Morgan fingerprint density at radius 1 is 1.38 bits per heavy atom. The van der Waals surface area contributed by atoms with E-state index >= 15 is 0 Å². The number of quaternary nitrogens is 1. The van der Waals surface area contributed by atoms with Crippen molar-refractivity contribution < 1.29 is 4.59 Å². The Balaban J connectivity index is 2.33. The van der Waals surface area contributed by atoms with E-state index in [1.165, 1.54) is 0 Å². The van der Waals surface area contributed by atoms with Gasteiger partial charge in [-0.15, -0.1) is 0 Å². The molecule has 0 aliphatic carbocycles. The molecule has 3 nitrogen and oxygen atoms in total. The average molecular weight is 116 g/mol. The second-order valence-corrected chi connectivity index (χ2v) is 2.68. The molecule has 0 saturated carbocycles. The van der Waals surface area contributed by atoms with Gasteiger partial charge in [-0.2, -0.15) is 5.84 Å². The van der Waals surface area contributed by atoms with Gasteiger partial charge >= 0.3 is 0 Å². The number of hydrogen-bond donors (Lipinski definition) is 2. The Labute approximate surface area is 50.0 Å². The maximum absolute atomic E-state index is 5.78.